The lowest BCUT2D eigenvalue weighted by Crippen LogP contribution is -2.26. The number of hydrogen-bond donors (Lipinski definition) is 2. The van der Waals surface area contributed by atoms with Crippen LogP contribution in [0.5, 0.6) is 0 Å². The summed E-state index contributed by atoms with van der Waals surface area (Å²) in [7, 11) is 0. The highest BCUT2D eigenvalue weighted by Crippen LogP contribution is 2.07. The molecule has 0 radical (unpaired) electrons. The molecule has 0 amide bonds. The third-order valence-electron chi connectivity index (χ3n) is 2.73. The zero-order valence-corrected chi connectivity index (χ0v) is 10.3. The van der Waals surface area contributed by atoms with E-state index < -0.39 is 0 Å². The van der Waals surface area contributed by atoms with E-state index >= 15 is 0 Å². The van der Waals surface area contributed by atoms with Crippen molar-refractivity contribution in [3.05, 3.63) is 17.7 Å². The van der Waals surface area contributed by atoms with Crippen molar-refractivity contribution in [1.82, 2.24) is 15.3 Å². The molecule has 1 unspecified atom stereocenters. The highest BCUT2D eigenvalue weighted by molar-refractivity contribution is 5.08. The minimum atomic E-state index is 0.573. The first-order chi connectivity index (χ1) is 7.09. The van der Waals surface area contributed by atoms with E-state index in [0.717, 1.165) is 18.2 Å². The fraction of sp³-hybridized carbons (Fsp3) is 0.750. The zero-order valence-electron chi connectivity index (χ0n) is 10.3. The molecule has 0 aliphatic carbocycles. The second-order valence-electron chi connectivity index (χ2n) is 4.73. The normalized spacial score (nSPS) is 13.4. The van der Waals surface area contributed by atoms with Gasteiger partial charge in [0, 0.05) is 18.3 Å². The van der Waals surface area contributed by atoms with Gasteiger partial charge in [-0.15, -0.1) is 0 Å². The molecular weight excluding hydrogens is 186 g/mol. The topological polar surface area (TPSA) is 40.7 Å². The van der Waals surface area contributed by atoms with Gasteiger partial charge in [-0.1, -0.05) is 13.8 Å². The van der Waals surface area contributed by atoms with Crippen LogP contribution in [0.15, 0.2) is 6.33 Å². The first-order valence-corrected chi connectivity index (χ1v) is 5.81. The van der Waals surface area contributed by atoms with E-state index in [9.17, 15) is 0 Å². The molecule has 0 fully saturated rings. The first kappa shape index (κ1) is 12.2. The van der Waals surface area contributed by atoms with Crippen LogP contribution in [0, 0.1) is 12.8 Å². The molecular formula is C12H23N3. The van der Waals surface area contributed by atoms with Gasteiger partial charge in [0.2, 0.25) is 0 Å². The fourth-order valence-electron chi connectivity index (χ4n) is 1.52. The molecule has 1 aromatic heterocycles. The van der Waals surface area contributed by atoms with Crippen LogP contribution in [-0.2, 0) is 6.54 Å². The number of aromatic nitrogens is 2. The summed E-state index contributed by atoms with van der Waals surface area (Å²) in [4.78, 5) is 7.36. The molecule has 0 spiro atoms. The van der Waals surface area contributed by atoms with Crippen molar-refractivity contribution >= 4 is 0 Å². The summed E-state index contributed by atoms with van der Waals surface area (Å²) in [6, 6.07) is 0.573. The smallest absolute Gasteiger partial charge is 0.0925 e. The number of nitrogens with zero attached hydrogens (tertiary/aromatic N) is 1. The first-order valence-electron chi connectivity index (χ1n) is 5.81. The Morgan fingerprint density at radius 1 is 1.33 bits per heavy atom. The Balaban J connectivity index is 2.22. The van der Waals surface area contributed by atoms with Gasteiger partial charge in [0.1, 0.15) is 0 Å². The van der Waals surface area contributed by atoms with E-state index in [4.69, 9.17) is 0 Å². The molecule has 0 aromatic carbocycles. The zero-order chi connectivity index (χ0) is 11.3. The summed E-state index contributed by atoms with van der Waals surface area (Å²) in [5.41, 5.74) is 2.30. The Morgan fingerprint density at radius 3 is 2.60 bits per heavy atom. The Labute approximate surface area is 92.7 Å². The summed E-state index contributed by atoms with van der Waals surface area (Å²) in [6.45, 7) is 9.71. The summed E-state index contributed by atoms with van der Waals surface area (Å²) < 4.78 is 0. The van der Waals surface area contributed by atoms with Gasteiger partial charge in [-0.3, -0.25) is 0 Å². The molecule has 0 saturated carbocycles. The van der Waals surface area contributed by atoms with E-state index in [2.05, 4.69) is 43.0 Å². The van der Waals surface area contributed by atoms with Crippen LogP contribution < -0.4 is 5.32 Å². The molecule has 1 heterocycles. The van der Waals surface area contributed by atoms with Gasteiger partial charge >= 0.3 is 0 Å². The van der Waals surface area contributed by atoms with Gasteiger partial charge in [0.05, 0.1) is 12.0 Å². The maximum absolute atomic E-state index is 4.26. The largest absolute Gasteiger partial charge is 0.348 e. The van der Waals surface area contributed by atoms with Crippen molar-refractivity contribution in [2.45, 2.75) is 53.1 Å². The average molecular weight is 209 g/mol. The van der Waals surface area contributed by atoms with Crippen molar-refractivity contribution in [2.75, 3.05) is 0 Å². The Hall–Kier alpha value is -0.830. The van der Waals surface area contributed by atoms with Crippen molar-refractivity contribution < 1.29 is 0 Å². The van der Waals surface area contributed by atoms with E-state index in [1.54, 1.807) is 6.33 Å². The van der Waals surface area contributed by atoms with E-state index in [1.807, 2.05) is 0 Å². The summed E-state index contributed by atoms with van der Waals surface area (Å²) >= 11 is 0. The quantitative estimate of drug-likeness (QED) is 0.756. The predicted octanol–water partition coefficient (Wildman–Crippen LogP) is 2.63. The van der Waals surface area contributed by atoms with E-state index in [0.29, 0.717) is 6.04 Å². The lowest BCUT2D eigenvalue weighted by molar-refractivity contribution is 0.448. The highest BCUT2D eigenvalue weighted by atomic mass is 15.0. The van der Waals surface area contributed by atoms with E-state index in [-0.39, 0.29) is 0 Å². The summed E-state index contributed by atoms with van der Waals surface area (Å²) in [5.74, 6) is 0.793. The Morgan fingerprint density at radius 2 is 2.07 bits per heavy atom. The van der Waals surface area contributed by atoms with Crippen LogP contribution in [0.3, 0.4) is 0 Å². The SMILES string of the molecule is Cc1[nH]cnc1CNC(C)CCC(C)C. The number of rotatable bonds is 6. The third kappa shape index (κ3) is 4.47. The third-order valence-corrected chi connectivity index (χ3v) is 2.73. The number of aryl methyl sites for hydroxylation is 1. The van der Waals surface area contributed by atoms with Crippen LogP contribution in [-0.4, -0.2) is 16.0 Å². The van der Waals surface area contributed by atoms with Crippen LogP contribution in [0.1, 0.15) is 45.0 Å². The fourth-order valence-corrected chi connectivity index (χ4v) is 1.52. The molecule has 3 nitrogen and oxygen atoms in total. The molecule has 0 aliphatic rings. The number of H-pyrrole nitrogens is 1. The molecule has 1 rings (SSSR count). The maximum Gasteiger partial charge on any atom is 0.0925 e. The summed E-state index contributed by atoms with van der Waals surface area (Å²) in [6.07, 6.45) is 4.28. The molecule has 2 N–H and O–H groups in total. The monoisotopic (exact) mass is 209 g/mol. The van der Waals surface area contributed by atoms with Crippen LogP contribution in [0.2, 0.25) is 0 Å². The highest BCUT2D eigenvalue weighted by Gasteiger charge is 2.05. The van der Waals surface area contributed by atoms with Gasteiger partial charge in [-0.05, 0) is 32.6 Å². The van der Waals surface area contributed by atoms with Gasteiger partial charge in [-0.2, -0.15) is 0 Å². The van der Waals surface area contributed by atoms with Crippen molar-refractivity contribution in [3.63, 3.8) is 0 Å². The second-order valence-corrected chi connectivity index (χ2v) is 4.73. The second kappa shape index (κ2) is 5.91. The average Bonchev–Trinajstić information content (AvgIpc) is 2.58. The van der Waals surface area contributed by atoms with Crippen molar-refractivity contribution in [2.24, 2.45) is 5.92 Å². The van der Waals surface area contributed by atoms with Crippen LogP contribution in [0.25, 0.3) is 0 Å². The van der Waals surface area contributed by atoms with Gasteiger partial charge < -0.3 is 10.3 Å². The Kier molecular flexibility index (Phi) is 4.82. The van der Waals surface area contributed by atoms with E-state index in [1.165, 1.54) is 18.5 Å². The standard InChI is InChI=1S/C12H23N3/c1-9(2)5-6-10(3)13-7-12-11(4)14-8-15-12/h8-10,13H,5-7H2,1-4H3,(H,14,15). The van der Waals surface area contributed by atoms with Gasteiger partial charge in [0.15, 0.2) is 0 Å². The number of hydrogen-bond acceptors (Lipinski definition) is 2. The van der Waals surface area contributed by atoms with Crippen molar-refractivity contribution in [3.8, 4) is 0 Å². The lowest BCUT2D eigenvalue weighted by Gasteiger charge is -2.14. The molecule has 86 valence electrons. The van der Waals surface area contributed by atoms with Crippen LogP contribution in [0.4, 0.5) is 0 Å². The number of aromatic amines is 1. The van der Waals surface area contributed by atoms with Gasteiger partial charge in [-0.25, -0.2) is 4.98 Å². The molecule has 3 heteroatoms. The number of nitrogens with one attached hydrogen (secondary N) is 2. The van der Waals surface area contributed by atoms with Gasteiger partial charge in [0.25, 0.3) is 0 Å². The van der Waals surface area contributed by atoms with Crippen molar-refractivity contribution in [1.29, 1.82) is 0 Å². The molecule has 0 bridgehead atoms. The molecule has 1 aromatic rings. The summed E-state index contributed by atoms with van der Waals surface area (Å²) in [5, 5.41) is 3.50. The van der Waals surface area contributed by atoms with Crippen LogP contribution >= 0.6 is 0 Å². The molecule has 1 atom stereocenters. The molecule has 0 aliphatic heterocycles. The number of imidazole rings is 1. The minimum absolute atomic E-state index is 0.573. The maximum atomic E-state index is 4.26. The predicted molar refractivity (Wildman–Crippen MR) is 63.7 cm³/mol. The lowest BCUT2D eigenvalue weighted by atomic mass is 10.0. The minimum Gasteiger partial charge on any atom is -0.348 e. The Bertz CT molecular complexity index is 278. The molecule has 15 heavy (non-hydrogen) atoms. The molecule has 0 saturated heterocycles.